The lowest BCUT2D eigenvalue weighted by atomic mass is 10.0. The van der Waals surface area contributed by atoms with Gasteiger partial charge in [0, 0.05) is 17.6 Å². The number of halogens is 1. The Morgan fingerprint density at radius 2 is 2.00 bits per heavy atom. The molecule has 1 aromatic carbocycles. The van der Waals surface area contributed by atoms with Crippen LogP contribution in [0, 0.1) is 0 Å². The minimum atomic E-state index is -0.251. The van der Waals surface area contributed by atoms with Crippen molar-refractivity contribution in [2.75, 3.05) is 6.54 Å². The smallest absolute Gasteiger partial charge is 0.241 e. The molecule has 0 bridgehead atoms. The largest absolute Gasteiger partial charge is 0.351 e. The predicted molar refractivity (Wildman–Crippen MR) is 59.8 cm³/mol. The SMILES string of the molecule is C[C@H]1CN[C@H](c2ccc(Cl)cc2)C(=O)N1. The normalized spacial score (nSPS) is 26.1. The first-order chi connectivity index (χ1) is 7.16. The Balaban J connectivity index is 2.17. The van der Waals surface area contributed by atoms with Crippen molar-refractivity contribution in [1.82, 2.24) is 10.6 Å². The van der Waals surface area contributed by atoms with Crippen LogP contribution in [0.15, 0.2) is 24.3 Å². The van der Waals surface area contributed by atoms with E-state index in [1.807, 2.05) is 19.1 Å². The van der Waals surface area contributed by atoms with Gasteiger partial charge in [-0.15, -0.1) is 0 Å². The van der Waals surface area contributed by atoms with E-state index < -0.39 is 0 Å². The average molecular weight is 225 g/mol. The van der Waals surface area contributed by atoms with Crippen molar-refractivity contribution in [2.45, 2.75) is 19.0 Å². The highest BCUT2D eigenvalue weighted by Crippen LogP contribution is 2.18. The first-order valence-corrected chi connectivity index (χ1v) is 5.34. The van der Waals surface area contributed by atoms with Gasteiger partial charge in [-0.3, -0.25) is 4.79 Å². The van der Waals surface area contributed by atoms with Crippen LogP contribution in [-0.4, -0.2) is 18.5 Å². The zero-order valence-corrected chi connectivity index (χ0v) is 9.21. The molecule has 2 atom stereocenters. The van der Waals surface area contributed by atoms with Gasteiger partial charge in [-0.2, -0.15) is 0 Å². The van der Waals surface area contributed by atoms with Gasteiger partial charge >= 0.3 is 0 Å². The molecule has 1 saturated heterocycles. The van der Waals surface area contributed by atoms with Crippen LogP contribution in [0.5, 0.6) is 0 Å². The molecule has 0 unspecified atom stereocenters. The van der Waals surface area contributed by atoms with E-state index in [9.17, 15) is 4.79 Å². The topological polar surface area (TPSA) is 41.1 Å². The molecule has 1 aliphatic rings. The molecule has 2 rings (SSSR count). The summed E-state index contributed by atoms with van der Waals surface area (Å²) in [5, 5.41) is 6.79. The first kappa shape index (κ1) is 10.5. The highest BCUT2D eigenvalue weighted by molar-refractivity contribution is 6.30. The fourth-order valence-electron chi connectivity index (χ4n) is 1.69. The van der Waals surface area contributed by atoms with Crippen molar-refractivity contribution < 1.29 is 4.79 Å². The van der Waals surface area contributed by atoms with Gasteiger partial charge in [0.1, 0.15) is 6.04 Å². The molecule has 0 spiro atoms. The van der Waals surface area contributed by atoms with Crippen molar-refractivity contribution >= 4 is 17.5 Å². The number of benzene rings is 1. The quantitative estimate of drug-likeness (QED) is 0.759. The van der Waals surface area contributed by atoms with Gasteiger partial charge in [0.15, 0.2) is 0 Å². The van der Waals surface area contributed by atoms with E-state index >= 15 is 0 Å². The average Bonchev–Trinajstić information content (AvgIpc) is 2.20. The van der Waals surface area contributed by atoms with Crippen molar-refractivity contribution in [3.8, 4) is 0 Å². The summed E-state index contributed by atoms with van der Waals surface area (Å²) in [6.07, 6.45) is 0. The number of carbonyl (C=O) groups is 1. The fourth-order valence-corrected chi connectivity index (χ4v) is 1.81. The maximum absolute atomic E-state index is 11.7. The van der Waals surface area contributed by atoms with Gasteiger partial charge in [-0.25, -0.2) is 0 Å². The fraction of sp³-hybridized carbons (Fsp3) is 0.364. The monoisotopic (exact) mass is 224 g/mol. The lowest BCUT2D eigenvalue weighted by molar-refractivity contribution is -0.125. The molecule has 15 heavy (non-hydrogen) atoms. The summed E-state index contributed by atoms with van der Waals surface area (Å²) in [5.74, 6) is 0.0241. The van der Waals surface area contributed by atoms with Gasteiger partial charge in [-0.05, 0) is 24.6 Å². The van der Waals surface area contributed by atoms with Gasteiger partial charge < -0.3 is 10.6 Å². The molecule has 1 amide bonds. The van der Waals surface area contributed by atoms with E-state index in [0.29, 0.717) is 5.02 Å². The molecule has 4 heteroatoms. The van der Waals surface area contributed by atoms with Gasteiger partial charge in [0.25, 0.3) is 0 Å². The minimum absolute atomic E-state index is 0.0241. The summed E-state index contributed by atoms with van der Waals surface area (Å²) in [4.78, 5) is 11.7. The van der Waals surface area contributed by atoms with Crippen molar-refractivity contribution in [3.05, 3.63) is 34.9 Å². The van der Waals surface area contributed by atoms with Crippen LogP contribution in [-0.2, 0) is 4.79 Å². The molecule has 1 aliphatic heterocycles. The van der Waals surface area contributed by atoms with Crippen LogP contribution in [0.25, 0.3) is 0 Å². The molecular weight excluding hydrogens is 212 g/mol. The zero-order chi connectivity index (χ0) is 10.8. The number of hydrogen-bond acceptors (Lipinski definition) is 2. The lowest BCUT2D eigenvalue weighted by Gasteiger charge is -2.28. The highest BCUT2D eigenvalue weighted by atomic mass is 35.5. The Kier molecular flexibility index (Phi) is 2.93. The van der Waals surface area contributed by atoms with E-state index in [1.54, 1.807) is 12.1 Å². The Bertz CT molecular complexity index is 363. The standard InChI is InChI=1S/C11H13ClN2O/c1-7-6-13-10(11(15)14-7)8-2-4-9(12)5-3-8/h2-5,7,10,13H,6H2,1H3,(H,14,15)/t7-,10+/m0/s1. The van der Waals surface area contributed by atoms with Crippen LogP contribution >= 0.6 is 11.6 Å². The van der Waals surface area contributed by atoms with E-state index in [-0.39, 0.29) is 18.0 Å². The summed E-state index contributed by atoms with van der Waals surface area (Å²) >= 11 is 5.79. The summed E-state index contributed by atoms with van der Waals surface area (Å²) in [7, 11) is 0. The molecule has 0 radical (unpaired) electrons. The summed E-state index contributed by atoms with van der Waals surface area (Å²) < 4.78 is 0. The van der Waals surface area contributed by atoms with Gasteiger partial charge in [-0.1, -0.05) is 23.7 Å². The number of rotatable bonds is 1. The molecule has 80 valence electrons. The predicted octanol–water partition coefficient (Wildman–Crippen LogP) is 1.49. The van der Waals surface area contributed by atoms with Crippen LogP contribution in [0.1, 0.15) is 18.5 Å². The van der Waals surface area contributed by atoms with E-state index in [0.717, 1.165) is 12.1 Å². The maximum Gasteiger partial charge on any atom is 0.241 e. The third-order valence-electron chi connectivity index (χ3n) is 2.48. The third kappa shape index (κ3) is 2.30. The van der Waals surface area contributed by atoms with Gasteiger partial charge in [0.2, 0.25) is 5.91 Å². The highest BCUT2D eigenvalue weighted by Gasteiger charge is 2.26. The second-order valence-electron chi connectivity index (χ2n) is 3.80. The number of nitrogens with one attached hydrogen (secondary N) is 2. The third-order valence-corrected chi connectivity index (χ3v) is 2.73. The van der Waals surface area contributed by atoms with Crippen LogP contribution < -0.4 is 10.6 Å². The van der Waals surface area contributed by atoms with Crippen molar-refractivity contribution in [1.29, 1.82) is 0 Å². The number of piperazine rings is 1. The van der Waals surface area contributed by atoms with E-state index in [2.05, 4.69) is 10.6 Å². The summed E-state index contributed by atoms with van der Waals surface area (Å²) in [6.45, 7) is 2.77. The first-order valence-electron chi connectivity index (χ1n) is 4.96. The summed E-state index contributed by atoms with van der Waals surface area (Å²) in [5.41, 5.74) is 0.948. The molecule has 0 aromatic heterocycles. The second kappa shape index (κ2) is 4.21. The zero-order valence-electron chi connectivity index (χ0n) is 8.46. The molecular formula is C11H13ClN2O. The van der Waals surface area contributed by atoms with Crippen molar-refractivity contribution in [3.63, 3.8) is 0 Å². The molecule has 0 aliphatic carbocycles. The maximum atomic E-state index is 11.7. The molecule has 1 aromatic rings. The Hall–Kier alpha value is -1.06. The second-order valence-corrected chi connectivity index (χ2v) is 4.24. The van der Waals surface area contributed by atoms with Crippen LogP contribution in [0.2, 0.25) is 5.02 Å². The van der Waals surface area contributed by atoms with Crippen LogP contribution in [0.4, 0.5) is 0 Å². The number of hydrogen-bond donors (Lipinski definition) is 2. The van der Waals surface area contributed by atoms with E-state index in [4.69, 9.17) is 11.6 Å². The number of amides is 1. The van der Waals surface area contributed by atoms with Gasteiger partial charge in [0.05, 0.1) is 0 Å². The minimum Gasteiger partial charge on any atom is -0.351 e. The molecule has 0 saturated carbocycles. The molecule has 1 fully saturated rings. The summed E-state index contributed by atoms with van der Waals surface area (Å²) in [6, 6.07) is 7.28. The van der Waals surface area contributed by atoms with E-state index in [1.165, 1.54) is 0 Å². The van der Waals surface area contributed by atoms with Crippen molar-refractivity contribution in [2.24, 2.45) is 0 Å². The Morgan fingerprint density at radius 3 is 2.60 bits per heavy atom. The van der Waals surface area contributed by atoms with Crippen LogP contribution in [0.3, 0.4) is 0 Å². The lowest BCUT2D eigenvalue weighted by Crippen LogP contribution is -2.52. The molecule has 1 heterocycles. The molecule has 3 nitrogen and oxygen atoms in total. The molecule has 2 N–H and O–H groups in total. The number of carbonyl (C=O) groups excluding carboxylic acids is 1. The Labute approximate surface area is 93.8 Å². The Morgan fingerprint density at radius 1 is 1.33 bits per heavy atom.